The van der Waals surface area contributed by atoms with E-state index in [0.29, 0.717) is 0 Å². The lowest BCUT2D eigenvalue weighted by Crippen LogP contribution is -2.35. The van der Waals surface area contributed by atoms with Gasteiger partial charge in [-0.15, -0.1) is 0 Å². The van der Waals surface area contributed by atoms with Crippen LogP contribution in [0, 0.1) is 5.82 Å². The summed E-state index contributed by atoms with van der Waals surface area (Å²) in [6.07, 6.45) is -3.79. The van der Waals surface area contributed by atoms with E-state index in [2.05, 4.69) is 15.4 Å². The van der Waals surface area contributed by atoms with E-state index in [4.69, 9.17) is 4.74 Å². The molecule has 3 rings (SSSR count). The number of nitrogens with zero attached hydrogens (tertiary/aromatic N) is 3. The highest BCUT2D eigenvalue weighted by atomic mass is 19.4. The van der Waals surface area contributed by atoms with Crippen LogP contribution in [0.4, 0.5) is 23.5 Å². The summed E-state index contributed by atoms with van der Waals surface area (Å²) in [6.45, 7) is 1.38. The molecule has 0 fully saturated rings. The van der Waals surface area contributed by atoms with Crippen LogP contribution in [-0.2, 0) is 9.53 Å². The van der Waals surface area contributed by atoms with Gasteiger partial charge in [-0.2, -0.15) is 23.3 Å². The maximum atomic E-state index is 13.5. The van der Waals surface area contributed by atoms with Crippen molar-refractivity contribution in [3.05, 3.63) is 53.2 Å². The van der Waals surface area contributed by atoms with Crippen molar-refractivity contribution in [3.63, 3.8) is 0 Å². The van der Waals surface area contributed by atoms with Crippen molar-refractivity contribution in [2.45, 2.75) is 19.1 Å². The molecule has 6 nitrogen and oxygen atoms in total. The molecule has 10 heteroatoms. The number of rotatable bonds is 3. The van der Waals surface area contributed by atoms with Gasteiger partial charge in [0.1, 0.15) is 23.9 Å². The molecule has 25 heavy (non-hydrogen) atoms. The number of halogens is 4. The standard InChI is InChI=1S/C15H12F4N4O2/c1-2-25-13(24)10-11(8-3-5-9(16)6-4-8)23-14(20-7-21-23)22-12(10)15(17,18)19/h3-7,11H,2H2,1H3,(H,20,21,22). The number of allylic oxidation sites excluding steroid dienone is 1. The third kappa shape index (κ3) is 3.06. The molecule has 1 aromatic carbocycles. The number of ether oxygens (including phenoxy) is 1. The molecule has 0 bridgehead atoms. The van der Waals surface area contributed by atoms with Gasteiger partial charge in [0.05, 0.1) is 12.2 Å². The second-order valence-corrected chi connectivity index (χ2v) is 5.11. The fraction of sp³-hybridized carbons (Fsp3) is 0.267. The summed E-state index contributed by atoms with van der Waals surface area (Å²) in [6, 6.07) is 3.48. The first kappa shape index (κ1) is 16.9. The number of benzene rings is 1. The Morgan fingerprint density at radius 1 is 1.32 bits per heavy atom. The van der Waals surface area contributed by atoms with Gasteiger partial charge in [0, 0.05) is 0 Å². The number of fused-ring (bicyclic) bond motifs is 1. The quantitative estimate of drug-likeness (QED) is 0.677. The number of alkyl halides is 3. The van der Waals surface area contributed by atoms with Gasteiger partial charge in [-0.3, -0.25) is 0 Å². The van der Waals surface area contributed by atoms with E-state index in [0.717, 1.165) is 23.1 Å². The number of carbonyl (C=O) groups excluding carboxylic acids is 1. The molecule has 0 saturated carbocycles. The number of nitrogens with one attached hydrogen (secondary N) is 1. The van der Waals surface area contributed by atoms with Crippen molar-refractivity contribution >= 4 is 11.9 Å². The lowest BCUT2D eigenvalue weighted by atomic mass is 9.95. The highest BCUT2D eigenvalue weighted by Crippen LogP contribution is 2.41. The minimum Gasteiger partial charge on any atom is -0.463 e. The third-order valence-electron chi connectivity index (χ3n) is 3.56. The van der Waals surface area contributed by atoms with Gasteiger partial charge < -0.3 is 10.1 Å². The van der Waals surface area contributed by atoms with Crippen LogP contribution in [0.15, 0.2) is 41.9 Å². The van der Waals surface area contributed by atoms with Crippen molar-refractivity contribution in [2.24, 2.45) is 0 Å². The van der Waals surface area contributed by atoms with Crippen molar-refractivity contribution < 1.29 is 27.1 Å². The Labute approximate surface area is 139 Å². The summed E-state index contributed by atoms with van der Waals surface area (Å²) >= 11 is 0. The molecule has 1 N–H and O–H groups in total. The van der Waals surface area contributed by atoms with Crippen LogP contribution >= 0.6 is 0 Å². The number of aromatic nitrogens is 3. The second-order valence-electron chi connectivity index (χ2n) is 5.11. The lowest BCUT2D eigenvalue weighted by molar-refractivity contribution is -0.140. The monoisotopic (exact) mass is 356 g/mol. The number of hydrogen-bond acceptors (Lipinski definition) is 5. The van der Waals surface area contributed by atoms with Gasteiger partial charge in [-0.05, 0) is 24.6 Å². The molecule has 0 saturated heterocycles. The molecule has 0 aliphatic carbocycles. The SMILES string of the molecule is CCOC(=O)C1=C(C(F)(F)F)Nc2ncnn2C1c1ccc(F)cc1. The summed E-state index contributed by atoms with van der Waals surface area (Å²) in [7, 11) is 0. The van der Waals surface area contributed by atoms with E-state index < -0.39 is 35.3 Å². The number of esters is 1. The molecule has 1 aliphatic rings. The van der Waals surface area contributed by atoms with Gasteiger partial charge >= 0.3 is 12.1 Å². The first-order valence-corrected chi connectivity index (χ1v) is 7.23. The van der Waals surface area contributed by atoms with E-state index >= 15 is 0 Å². The minimum atomic E-state index is -4.85. The predicted octanol–water partition coefficient (Wildman–Crippen LogP) is 2.81. The molecule has 1 aliphatic heterocycles. The van der Waals surface area contributed by atoms with Crippen molar-refractivity contribution in [2.75, 3.05) is 11.9 Å². The Balaban J connectivity index is 2.24. The van der Waals surface area contributed by atoms with Crippen LogP contribution in [0.1, 0.15) is 18.5 Å². The van der Waals surface area contributed by atoms with Gasteiger partial charge in [0.25, 0.3) is 0 Å². The average Bonchev–Trinajstić information content (AvgIpc) is 3.01. The Hall–Kier alpha value is -2.91. The molecular weight excluding hydrogens is 344 g/mol. The fourth-order valence-electron chi connectivity index (χ4n) is 2.57. The van der Waals surface area contributed by atoms with Crippen LogP contribution < -0.4 is 5.32 Å². The zero-order valence-electron chi connectivity index (χ0n) is 12.8. The highest BCUT2D eigenvalue weighted by Gasteiger charge is 2.46. The molecule has 2 aromatic rings. The fourth-order valence-corrected chi connectivity index (χ4v) is 2.57. The third-order valence-corrected chi connectivity index (χ3v) is 3.56. The zero-order chi connectivity index (χ0) is 18.2. The largest absolute Gasteiger partial charge is 0.463 e. The molecule has 0 radical (unpaired) electrons. The van der Waals surface area contributed by atoms with Crippen molar-refractivity contribution in [1.82, 2.24) is 14.8 Å². The summed E-state index contributed by atoms with van der Waals surface area (Å²) in [5, 5.41) is 5.97. The Bertz CT molecular complexity index is 827. The van der Waals surface area contributed by atoms with Gasteiger partial charge in [-0.25, -0.2) is 13.9 Å². The number of anilines is 1. The van der Waals surface area contributed by atoms with Gasteiger partial charge in [0.2, 0.25) is 5.95 Å². The van der Waals surface area contributed by atoms with E-state index in [-0.39, 0.29) is 18.1 Å². The Morgan fingerprint density at radius 3 is 2.60 bits per heavy atom. The summed E-state index contributed by atoms with van der Waals surface area (Å²) < 4.78 is 59.6. The molecule has 1 aromatic heterocycles. The molecular formula is C15H12F4N4O2. The second kappa shape index (κ2) is 6.19. The van der Waals surface area contributed by atoms with Crippen LogP contribution in [0.25, 0.3) is 0 Å². The maximum Gasteiger partial charge on any atom is 0.431 e. The summed E-state index contributed by atoms with van der Waals surface area (Å²) in [5.74, 6) is -1.89. The first-order chi connectivity index (χ1) is 11.8. The van der Waals surface area contributed by atoms with Crippen LogP contribution in [0.3, 0.4) is 0 Å². The molecule has 1 atom stereocenters. The molecule has 0 spiro atoms. The summed E-state index contributed by atoms with van der Waals surface area (Å²) in [5.41, 5.74) is -1.71. The highest BCUT2D eigenvalue weighted by molar-refractivity contribution is 5.92. The predicted molar refractivity (Wildman–Crippen MR) is 77.9 cm³/mol. The van der Waals surface area contributed by atoms with Crippen molar-refractivity contribution in [3.8, 4) is 0 Å². The Morgan fingerprint density at radius 2 is 2.00 bits per heavy atom. The molecule has 1 unspecified atom stereocenters. The normalized spacial score (nSPS) is 17.1. The van der Waals surface area contributed by atoms with Gasteiger partial charge in [0.15, 0.2) is 0 Å². The van der Waals surface area contributed by atoms with Gasteiger partial charge in [-0.1, -0.05) is 12.1 Å². The van der Waals surface area contributed by atoms with E-state index in [9.17, 15) is 22.4 Å². The van der Waals surface area contributed by atoms with E-state index in [1.807, 2.05) is 0 Å². The maximum absolute atomic E-state index is 13.5. The lowest BCUT2D eigenvalue weighted by Gasteiger charge is -2.30. The summed E-state index contributed by atoms with van der Waals surface area (Å²) in [4.78, 5) is 16.0. The van der Waals surface area contributed by atoms with Crippen molar-refractivity contribution in [1.29, 1.82) is 0 Å². The molecule has 132 valence electrons. The minimum absolute atomic E-state index is 0.103. The van der Waals surface area contributed by atoms with Crippen LogP contribution in [-0.4, -0.2) is 33.5 Å². The molecule has 2 heterocycles. The van der Waals surface area contributed by atoms with Crippen LogP contribution in [0.2, 0.25) is 0 Å². The smallest absolute Gasteiger partial charge is 0.431 e. The Kier molecular flexibility index (Phi) is 4.19. The topological polar surface area (TPSA) is 69.0 Å². The van der Waals surface area contributed by atoms with Crippen LogP contribution in [0.5, 0.6) is 0 Å². The molecule has 0 amide bonds. The van der Waals surface area contributed by atoms with E-state index in [1.54, 1.807) is 0 Å². The number of hydrogen-bond donors (Lipinski definition) is 1. The number of carbonyl (C=O) groups is 1. The average molecular weight is 356 g/mol. The van der Waals surface area contributed by atoms with E-state index in [1.165, 1.54) is 19.1 Å². The first-order valence-electron chi connectivity index (χ1n) is 7.23. The zero-order valence-corrected chi connectivity index (χ0v) is 12.8.